The van der Waals surface area contributed by atoms with Crippen LogP contribution in [0.5, 0.6) is 0 Å². The lowest BCUT2D eigenvalue weighted by Gasteiger charge is -2.03. The highest BCUT2D eigenvalue weighted by atomic mass is 14.7. The van der Waals surface area contributed by atoms with Gasteiger partial charge in [0.25, 0.3) is 0 Å². The summed E-state index contributed by atoms with van der Waals surface area (Å²) in [7, 11) is 0. The molecule has 0 unspecified atom stereocenters. The first-order valence-electron chi connectivity index (χ1n) is 6.75. The Kier molecular flexibility index (Phi) is 2.49. The van der Waals surface area contributed by atoms with Crippen LogP contribution in [0.4, 0.5) is 0 Å². The van der Waals surface area contributed by atoms with E-state index in [0.29, 0.717) is 0 Å². The van der Waals surface area contributed by atoms with Crippen molar-refractivity contribution in [2.45, 2.75) is 0 Å². The van der Waals surface area contributed by atoms with Gasteiger partial charge in [0.1, 0.15) is 0 Å². The van der Waals surface area contributed by atoms with Gasteiger partial charge in [-0.1, -0.05) is 66.7 Å². The predicted molar refractivity (Wildman–Crippen MR) is 83.8 cm³/mol. The zero-order valence-corrected chi connectivity index (χ0v) is 11.0. The molecule has 2 aromatic rings. The van der Waals surface area contributed by atoms with E-state index >= 15 is 0 Å². The monoisotopic (exact) mass is 255 g/mol. The first-order chi connectivity index (χ1) is 9.92. The first kappa shape index (κ1) is 11.2. The average molecular weight is 255 g/mol. The van der Waals surface area contributed by atoms with E-state index < -0.39 is 0 Å². The molecule has 2 aliphatic rings. The molecule has 2 aliphatic carbocycles. The highest BCUT2D eigenvalue weighted by Gasteiger charge is 2.10. The van der Waals surface area contributed by atoms with E-state index in [1.807, 2.05) is 12.3 Å². The van der Waals surface area contributed by atoms with Crippen molar-refractivity contribution in [3.05, 3.63) is 79.0 Å². The number of pyridine rings is 1. The van der Waals surface area contributed by atoms with E-state index in [0.717, 1.165) is 5.69 Å². The molecule has 20 heavy (non-hydrogen) atoms. The van der Waals surface area contributed by atoms with Crippen molar-refractivity contribution in [2.75, 3.05) is 0 Å². The second kappa shape index (κ2) is 4.46. The van der Waals surface area contributed by atoms with Crippen molar-refractivity contribution in [3.8, 4) is 22.4 Å². The van der Waals surface area contributed by atoms with Gasteiger partial charge in [-0.25, -0.2) is 0 Å². The number of fused-ring (bicyclic) bond motifs is 2. The predicted octanol–water partition coefficient (Wildman–Crippen LogP) is 5.01. The smallest absolute Gasteiger partial charge is 0.0714 e. The van der Waals surface area contributed by atoms with Gasteiger partial charge >= 0.3 is 0 Å². The number of nitrogens with zero attached hydrogens (tertiary/aromatic N) is 1. The van der Waals surface area contributed by atoms with Gasteiger partial charge in [-0.3, -0.25) is 4.98 Å². The van der Waals surface area contributed by atoms with Crippen molar-refractivity contribution in [3.63, 3.8) is 0 Å². The molecule has 0 saturated heterocycles. The van der Waals surface area contributed by atoms with Gasteiger partial charge in [-0.15, -0.1) is 0 Å². The summed E-state index contributed by atoms with van der Waals surface area (Å²) in [5.74, 6) is 0. The lowest BCUT2D eigenvalue weighted by Crippen LogP contribution is -1.83. The van der Waals surface area contributed by atoms with Crippen molar-refractivity contribution in [1.29, 1.82) is 0 Å². The van der Waals surface area contributed by atoms with Crippen LogP contribution in [0.15, 0.2) is 79.0 Å². The molecule has 0 fully saturated rings. The maximum absolute atomic E-state index is 4.62. The SMILES string of the molecule is c1ccc2ccc(-c3cc4ccccc4cn3)c-2cc1. The minimum Gasteiger partial charge on any atom is -0.256 e. The van der Waals surface area contributed by atoms with Crippen LogP contribution in [0.1, 0.15) is 0 Å². The maximum Gasteiger partial charge on any atom is 0.0714 e. The lowest BCUT2D eigenvalue weighted by molar-refractivity contribution is 1.36. The molecule has 0 N–H and O–H groups in total. The van der Waals surface area contributed by atoms with Crippen LogP contribution in [-0.4, -0.2) is 4.98 Å². The molecular weight excluding hydrogens is 242 g/mol. The Balaban J connectivity index is 1.94. The Morgan fingerprint density at radius 1 is 0.600 bits per heavy atom. The zero-order chi connectivity index (χ0) is 13.4. The minimum atomic E-state index is 1.03. The summed E-state index contributed by atoms with van der Waals surface area (Å²) < 4.78 is 0. The fourth-order valence-corrected chi connectivity index (χ4v) is 2.67. The van der Waals surface area contributed by atoms with Gasteiger partial charge in [0.15, 0.2) is 0 Å². The minimum absolute atomic E-state index is 1.03. The van der Waals surface area contributed by atoms with E-state index in [9.17, 15) is 0 Å². The first-order valence-corrected chi connectivity index (χ1v) is 6.75. The van der Waals surface area contributed by atoms with Crippen molar-refractivity contribution < 1.29 is 0 Å². The Bertz CT molecular complexity index is 864. The fourth-order valence-electron chi connectivity index (χ4n) is 2.67. The molecule has 1 aromatic heterocycles. The largest absolute Gasteiger partial charge is 0.256 e. The van der Waals surface area contributed by atoms with Gasteiger partial charge in [0.2, 0.25) is 0 Å². The van der Waals surface area contributed by atoms with Crippen LogP contribution in [0, 0.1) is 0 Å². The Hall–Kier alpha value is -2.67. The molecular formula is C19H13N. The second-order valence-electron chi connectivity index (χ2n) is 4.94. The van der Waals surface area contributed by atoms with Crippen LogP contribution in [0.3, 0.4) is 0 Å². The number of hydrogen-bond acceptors (Lipinski definition) is 1. The summed E-state index contributed by atoms with van der Waals surface area (Å²) >= 11 is 0. The maximum atomic E-state index is 4.62. The summed E-state index contributed by atoms with van der Waals surface area (Å²) in [4.78, 5) is 4.62. The van der Waals surface area contributed by atoms with Crippen molar-refractivity contribution in [2.24, 2.45) is 0 Å². The van der Waals surface area contributed by atoms with Gasteiger partial charge in [0.05, 0.1) is 5.69 Å². The quantitative estimate of drug-likeness (QED) is 0.466. The van der Waals surface area contributed by atoms with Gasteiger partial charge in [0, 0.05) is 17.1 Å². The van der Waals surface area contributed by atoms with Crippen molar-refractivity contribution >= 4 is 10.8 Å². The molecule has 1 heteroatoms. The summed E-state index contributed by atoms with van der Waals surface area (Å²) in [6.45, 7) is 0. The molecule has 1 aromatic carbocycles. The molecule has 0 atom stereocenters. The number of aromatic nitrogens is 1. The summed E-state index contributed by atoms with van der Waals surface area (Å²) in [5, 5.41) is 2.41. The van der Waals surface area contributed by atoms with Crippen LogP contribution >= 0.6 is 0 Å². The fraction of sp³-hybridized carbons (Fsp3) is 0. The summed E-state index contributed by atoms with van der Waals surface area (Å²) in [5.41, 5.74) is 4.73. The van der Waals surface area contributed by atoms with Crippen LogP contribution < -0.4 is 0 Å². The molecule has 0 amide bonds. The van der Waals surface area contributed by atoms with Gasteiger partial charge < -0.3 is 0 Å². The topological polar surface area (TPSA) is 12.9 Å². The molecule has 0 radical (unpaired) electrons. The number of hydrogen-bond donors (Lipinski definition) is 0. The van der Waals surface area contributed by atoms with Crippen LogP contribution in [-0.2, 0) is 0 Å². The van der Waals surface area contributed by atoms with E-state index in [4.69, 9.17) is 0 Å². The van der Waals surface area contributed by atoms with Crippen molar-refractivity contribution in [1.82, 2.24) is 4.98 Å². The summed E-state index contributed by atoms with van der Waals surface area (Å²) in [6, 6.07) is 25.3. The molecule has 0 saturated carbocycles. The van der Waals surface area contributed by atoms with E-state index in [1.165, 1.54) is 27.5 Å². The summed E-state index contributed by atoms with van der Waals surface area (Å²) in [6.07, 6.45) is 1.95. The highest BCUT2D eigenvalue weighted by molar-refractivity contribution is 5.90. The molecule has 0 aliphatic heterocycles. The molecule has 94 valence electrons. The highest BCUT2D eigenvalue weighted by Crippen LogP contribution is 2.34. The average Bonchev–Trinajstić information content (AvgIpc) is 2.75. The third-order valence-corrected chi connectivity index (χ3v) is 3.70. The molecule has 1 heterocycles. The zero-order valence-electron chi connectivity index (χ0n) is 11.0. The Morgan fingerprint density at radius 2 is 1.40 bits per heavy atom. The Morgan fingerprint density at radius 3 is 2.35 bits per heavy atom. The van der Waals surface area contributed by atoms with Crippen LogP contribution in [0.25, 0.3) is 33.2 Å². The van der Waals surface area contributed by atoms with Gasteiger partial charge in [-0.2, -0.15) is 0 Å². The molecule has 1 nitrogen and oxygen atoms in total. The third-order valence-electron chi connectivity index (χ3n) is 3.70. The lowest BCUT2D eigenvalue weighted by atomic mass is 10.0. The van der Waals surface area contributed by atoms with E-state index in [-0.39, 0.29) is 0 Å². The standard InChI is InChI=1S/C19H13N/c1-2-6-14-10-11-18(17(14)9-3-1)19-12-15-7-4-5-8-16(15)13-20-19/h1-13H. The molecule has 0 bridgehead atoms. The number of benzene rings is 1. The number of rotatable bonds is 1. The van der Waals surface area contributed by atoms with E-state index in [1.54, 1.807) is 0 Å². The molecule has 4 rings (SSSR count). The third kappa shape index (κ3) is 1.76. The second-order valence-corrected chi connectivity index (χ2v) is 4.94. The Labute approximate surface area is 117 Å². The van der Waals surface area contributed by atoms with Gasteiger partial charge in [-0.05, 0) is 22.6 Å². The van der Waals surface area contributed by atoms with Crippen LogP contribution in [0.2, 0.25) is 0 Å². The molecule has 0 spiro atoms. The van der Waals surface area contributed by atoms with E-state index in [2.05, 4.69) is 71.7 Å². The normalized spacial score (nSPS) is 11.0.